The van der Waals surface area contributed by atoms with Gasteiger partial charge in [0.15, 0.2) is 0 Å². The third kappa shape index (κ3) is 2.31. The largest absolute Gasteiger partial charge is 0.399 e. The number of benzene rings is 1. The van der Waals surface area contributed by atoms with Crippen LogP contribution in [-0.2, 0) is 10.0 Å². The van der Waals surface area contributed by atoms with E-state index in [0.717, 1.165) is 12.1 Å². The van der Waals surface area contributed by atoms with Crippen molar-refractivity contribution in [2.24, 2.45) is 16.7 Å². The van der Waals surface area contributed by atoms with Crippen molar-refractivity contribution in [2.45, 2.75) is 32.6 Å². The predicted molar refractivity (Wildman–Crippen MR) is 77.1 cm³/mol. The number of sulfonamides is 1. The van der Waals surface area contributed by atoms with Crippen molar-refractivity contribution in [3.63, 3.8) is 0 Å². The van der Waals surface area contributed by atoms with E-state index in [1.54, 1.807) is 0 Å². The average Bonchev–Trinajstić information content (AvgIpc) is 2.70. The Labute approximate surface area is 119 Å². The van der Waals surface area contributed by atoms with E-state index in [9.17, 15) is 12.8 Å². The Kier molecular flexibility index (Phi) is 3.38. The first-order valence-electron chi connectivity index (χ1n) is 6.55. The summed E-state index contributed by atoms with van der Waals surface area (Å²) < 4.78 is 40.4. The van der Waals surface area contributed by atoms with Crippen LogP contribution in [-0.4, -0.2) is 15.0 Å². The number of hydrogen-bond acceptors (Lipinski definition) is 3. The zero-order valence-electron chi connectivity index (χ0n) is 12.2. The minimum Gasteiger partial charge on any atom is -0.399 e. The molecule has 3 N–H and O–H groups in total. The normalized spacial score (nSPS) is 20.9. The van der Waals surface area contributed by atoms with Crippen molar-refractivity contribution in [3.05, 3.63) is 24.0 Å². The van der Waals surface area contributed by atoms with E-state index >= 15 is 0 Å². The molecule has 0 heterocycles. The Morgan fingerprint density at radius 1 is 1.25 bits per heavy atom. The summed E-state index contributed by atoms with van der Waals surface area (Å²) in [6.45, 7) is 8.72. The van der Waals surface area contributed by atoms with Gasteiger partial charge in [-0.2, -0.15) is 0 Å². The van der Waals surface area contributed by atoms with Crippen LogP contribution in [0.2, 0.25) is 0 Å². The first-order chi connectivity index (χ1) is 9.00. The lowest BCUT2D eigenvalue weighted by atomic mass is 10.0. The van der Waals surface area contributed by atoms with Crippen LogP contribution in [0.3, 0.4) is 0 Å². The highest BCUT2D eigenvalue weighted by atomic mass is 32.2. The first kappa shape index (κ1) is 15.3. The molecule has 0 aromatic heterocycles. The van der Waals surface area contributed by atoms with E-state index in [2.05, 4.69) is 32.4 Å². The molecule has 2 rings (SSSR count). The van der Waals surface area contributed by atoms with Gasteiger partial charge in [-0.25, -0.2) is 17.5 Å². The molecule has 6 heteroatoms. The SMILES string of the molecule is CC1(C)C(CNS(=O)(=O)c2cc(N)ccc2F)C1(C)C. The van der Waals surface area contributed by atoms with Crippen LogP contribution in [0.4, 0.5) is 10.1 Å². The average molecular weight is 300 g/mol. The maximum Gasteiger partial charge on any atom is 0.243 e. The summed E-state index contributed by atoms with van der Waals surface area (Å²) in [7, 11) is -3.87. The van der Waals surface area contributed by atoms with E-state index in [4.69, 9.17) is 5.73 Å². The quantitative estimate of drug-likeness (QED) is 0.839. The van der Waals surface area contributed by atoms with Crippen LogP contribution in [0.5, 0.6) is 0 Å². The van der Waals surface area contributed by atoms with Crippen LogP contribution in [0.15, 0.2) is 23.1 Å². The molecule has 0 saturated heterocycles. The predicted octanol–water partition coefficient (Wildman–Crippen LogP) is 2.37. The second-order valence-corrected chi connectivity index (χ2v) is 8.27. The van der Waals surface area contributed by atoms with E-state index in [-0.39, 0.29) is 22.4 Å². The molecule has 0 amide bonds. The van der Waals surface area contributed by atoms with Gasteiger partial charge < -0.3 is 5.73 Å². The molecule has 20 heavy (non-hydrogen) atoms. The van der Waals surface area contributed by atoms with E-state index in [0.29, 0.717) is 6.54 Å². The molecule has 1 saturated carbocycles. The molecule has 1 aliphatic carbocycles. The Balaban J connectivity index is 2.16. The number of hydrogen-bond donors (Lipinski definition) is 2. The van der Waals surface area contributed by atoms with Crippen LogP contribution in [0.25, 0.3) is 0 Å². The highest BCUT2D eigenvalue weighted by Crippen LogP contribution is 2.67. The van der Waals surface area contributed by atoms with Gasteiger partial charge in [0, 0.05) is 12.2 Å². The molecule has 0 bridgehead atoms. The third-order valence-corrected chi connectivity index (χ3v) is 6.48. The fourth-order valence-electron chi connectivity index (χ4n) is 2.84. The minimum absolute atomic E-state index is 0.0732. The molecule has 1 aliphatic rings. The van der Waals surface area contributed by atoms with Crippen LogP contribution in [0, 0.1) is 22.6 Å². The van der Waals surface area contributed by atoms with Gasteiger partial charge in [-0.05, 0) is 34.9 Å². The van der Waals surface area contributed by atoms with Gasteiger partial charge in [0.2, 0.25) is 10.0 Å². The lowest BCUT2D eigenvalue weighted by Crippen LogP contribution is -2.28. The number of rotatable bonds is 4. The molecule has 0 aliphatic heterocycles. The summed E-state index contributed by atoms with van der Waals surface area (Å²) in [6.07, 6.45) is 0. The van der Waals surface area contributed by atoms with Gasteiger partial charge in [0.05, 0.1) is 0 Å². The maximum absolute atomic E-state index is 13.6. The summed E-state index contributed by atoms with van der Waals surface area (Å²) >= 11 is 0. The summed E-state index contributed by atoms with van der Waals surface area (Å²) in [5.74, 6) is -0.560. The molecule has 1 aromatic carbocycles. The number of anilines is 1. The fourth-order valence-corrected chi connectivity index (χ4v) is 4.00. The number of nitrogen functional groups attached to an aromatic ring is 1. The molecule has 1 aromatic rings. The number of nitrogens with two attached hydrogens (primary N) is 1. The number of nitrogens with one attached hydrogen (secondary N) is 1. The molecule has 0 radical (unpaired) electrons. The summed E-state index contributed by atoms with van der Waals surface area (Å²) in [5, 5.41) is 0. The zero-order valence-corrected chi connectivity index (χ0v) is 13.0. The Morgan fingerprint density at radius 2 is 1.80 bits per heavy atom. The van der Waals surface area contributed by atoms with Crippen molar-refractivity contribution in [1.29, 1.82) is 0 Å². The molecule has 0 spiro atoms. The van der Waals surface area contributed by atoms with Gasteiger partial charge in [-0.3, -0.25) is 0 Å². The van der Waals surface area contributed by atoms with E-state index in [1.807, 2.05) is 0 Å². The van der Waals surface area contributed by atoms with Gasteiger partial charge in [0.25, 0.3) is 0 Å². The fraction of sp³-hybridized carbons (Fsp3) is 0.571. The summed E-state index contributed by atoms with van der Waals surface area (Å²) in [5.41, 5.74) is 5.89. The monoisotopic (exact) mass is 300 g/mol. The second-order valence-electron chi connectivity index (χ2n) is 6.54. The topological polar surface area (TPSA) is 72.2 Å². The van der Waals surface area contributed by atoms with Crippen molar-refractivity contribution in [3.8, 4) is 0 Å². The zero-order chi connectivity index (χ0) is 15.3. The lowest BCUT2D eigenvalue weighted by molar-refractivity contribution is 0.457. The minimum atomic E-state index is -3.87. The van der Waals surface area contributed by atoms with Gasteiger partial charge in [-0.15, -0.1) is 0 Å². The standard InChI is InChI=1S/C14H21FN2O2S/c1-13(2)12(14(13,3)4)8-17-20(18,19)11-7-9(16)5-6-10(11)15/h5-7,12,17H,8,16H2,1-4H3. The van der Waals surface area contributed by atoms with Crippen molar-refractivity contribution in [2.75, 3.05) is 12.3 Å². The van der Waals surface area contributed by atoms with Crippen LogP contribution >= 0.6 is 0 Å². The van der Waals surface area contributed by atoms with E-state index in [1.165, 1.54) is 6.07 Å². The van der Waals surface area contributed by atoms with Crippen LogP contribution in [0.1, 0.15) is 27.7 Å². The van der Waals surface area contributed by atoms with Gasteiger partial charge >= 0.3 is 0 Å². The highest BCUT2D eigenvalue weighted by Gasteiger charge is 2.64. The van der Waals surface area contributed by atoms with Gasteiger partial charge in [-0.1, -0.05) is 27.7 Å². The Morgan fingerprint density at radius 3 is 2.30 bits per heavy atom. The smallest absolute Gasteiger partial charge is 0.243 e. The first-order valence-corrected chi connectivity index (χ1v) is 8.03. The molecular formula is C14H21FN2O2S. The highest BCUT2D eigenvalue weighted by molar-refractivity contribution is 7.89. The molecule has 0 atom stereocenters. The third-order valence-electron chi connectivity index (χ3n) is 5.04. The second kappa shape index (κ2) is 4.43. The molecule has 4 nitrogen and oxygen atoms in total. The van der Waals surface area contributed by atoms with Crippen molar-refractivity contribution >= 4 is 15.7 Å². The van der Waals surface area contributed by atoms with Crippen LogP contribution < -0.4 is 10.5 Å². The molecule has 0 unspecified atom stereocenters. The maximum atomic E-state index is 13.6. The number of halogens is 1. The van der Waals surface area contributed by atoms with Crippen molar-refractivity contribution < 1.29 is 12.8 Å². The molecule has 1 fully saturated rings. The van der Waals surface area contributed by atoms with E-state index < -0.39 is 20.7 Å². The molecular weight excluding hydrogens is 279 g/mol. The summed E-state index contributed by atoms with van der Waals surface area (Å²) in [6, 6.07) is 3.54. The summed E-state index contributed by atoms with van der Waals surface area (Å²) in [4.78, 5) is -0.395. The Bertz CT molecular complexity index is 625. The Hall–Kier alpha value is -1.14. The lowest BCUT2D eigenvalue weighted by Gasteiger charge is -2.09. The van der Waals surface area contributed by atoms with Crippen molar-refractivity contribution in [1.82, 2.24) is 4.72 Å². The molecule has 112 valence electrons. The van der Waals surface area contributed by atoms with Gasteiger partial charge in [0.1, 0.15) is 10.7 Å².